The molecule has 0 aromatic heterocycles. The molecule has 0 atom stereocenters. The van der Waals surface area contributed by atoms with Crippen LogP contribution >= 0.6 is 0 Å². The van der Waals surface area contributed by atoms with Gasteiger partial charge in [-0.2, -0.15) is 0 Å². The predicted molar refractivity (Wildman–Crippen MR) is 223 cm³/mol. The first-order chi connectivity index (χ1) is 24.9. The van der Waals surface area contributed by atoms with Crippen LogP contribution < -0.4 is 5.32 Å². The van der Waals surface area contributed by atoms with Crippen molar-refractivity contribution in [2.45, 2.75) is 54.4 Å². The number of hydrogen-bond acceptors (Lipinski definition) is 1. The van der Waals surface area contributed by atoms with Gasteiger partial charge in [-0.1, -0.05) is 165 Å². The lowest BCUT2D eigenvalue weighted by molar-refractivity contribution is 1.19. The summed E-state index contributed by atoms with van der Waals surface area (Å²) >= 11 is 0. The van der Waals surface area contributed by atoms with Gasteiger partial charge in [-0.3, -0.25) is 0 Å². The van der Waals surface area contributed by atoms with Crippen LogP contribution in [0.25, 0.3) is 33.0 Å². The molecule has 0 saturated heterocycles. The standard InChI is InChI=1S/C41H35N.C7H8.C2H6/c1-27-17-19-31(23-30-11-5-4-6-12-30)24-38(27)39-25-34(20-18-28(39)2)33-14-8-9-15-35-29(3)40(26-33)42-41-36-16-10-7-13-32(36)21-22-37(35)41;1-7-5-3-2-4-6-7;1-2/h4-7,9-22,24-26,42H,8,23H2,1-3H3;2-6H,1H3;1-2H3/b15-9-,33-14?,40-26+;;. The summed E-state index contributed by atoms with van der Waals surface area (Å²) < 4.78 is 0. The first kappa shape index (κ1) is 35.2. The summed E-state index contributed by atoms with van der Waals surface area (Å²) in [5.74, 6) is 0. The molecule has 1 aliphatic heterocycles. The van der Waals surface area contributed by atoms with E-state index in [2.05, 4.69) is 173 Å². The van der Waals surface area contributed by atoms with Gasteiger partial charge in [0.05, 0.1) is 5.69 Å². The summed E-state index contributed by atoms with van der Waals surface area (Å²) in [5.41, 5.74) is 17.9. The van der Waals surface area contributed by atoms with E-state index in [0.717, 1.165) is 18.5 Å². The Morgan fingerprint density at radius 3 is 1.98 bits per heavy atom. The van der Waals surface area contributed by atoms with Crippen LogP contribution in [-0.2, 0) is 6.42 Å². The third kappa shape index (κ3) is 8.05. The van der Waals surface area contributed by atoms with Crippen LogP contribution in [-0.4, -0.2) is 0 Å². The Kier molecular flexibility index (Phi) is 11.3. The van der Waals surface area contributed by atoms with Gasteiger partial charge in [0, 0.05) is 16.6 Å². The topological polar surface area (TPSA) is 12.0 Å². The highest BCUT2D eigenvalue weighted by Gasteiger charge is 2.21. The van der Waals surface area contributed by atoms with Crippen molar-refractivity contribution in [3.8, 4) is 11.1 Å². The van der Waals surface area contributed by atoms with E-state index in [4.69, 9.17) is 0 Å². The molecule has 2 aliphatic rings. The molecule has 2 bridgehead atoms. The van der Waals surface area contributed by atoms with Gasteiger partial charge < -0.3 is 5.32 Å². The van der Waals surface area contributed by atoms with Crippen molar-refractivity contribution in [2.24, 2.45) is 0 Å². The van der Waals surface area contributed by atoms with Gasteiger partial charge in [0.1, 0.15) is 0 Å². The minimum absolute atomic E-state index is 0.883. The number of fused-ring (bicyclic) bond motifs is 5. The van der Waals surface area contributed by atoms with Gasteiger partial charge in [-0.25, -0.2) is 0 Å². The summed E-state index contributed by atoms with van der Waals surface area (Å²) in [6.07, 6.45) is 11.1. The van der Waals surface area contributed by atoms with Gasteiger partial charge in [0.2, 0.25) is 0 Å². The maximum atomic E-state index is 3.84. The van der Waals surface area contributed by atoms with Crippen molar-refractivity contribution in [3.63, 3.8) is 0 Å². The number of allylic oxidation sites excluding steroid dienone is 7. The number of rotatable bonds is 4. The first-order valence-electron chi connectivity index (χ1n) is 18.3. The molecule has 1 heterocycles. The Balaban J connectivity index is 0.000000441. The average Bonchev–Trinajstić information content (AvgIpc) is 3.21. The lowest BCUT2D eigenvalue weighted by Gasteiger charge is -2.26. The molecule has 6 aromatic rings. The molecule has 8 rings (SSSR count). The normalized spacial score (nSPS) is 14.8. The summed E-state index contributed by atoms with van der Waals surface area (Å²) in [5, 5.41) is 6.35. The van der Waals surface area contributed by atoms with E-state index in [0.29, 0.717) is 0 Å². The molecular weight excluding hydrogens is 615 g/mol. The van der Waals surface area contributed by atoms with Crippen LogP contribution in [0.4, 0.5) is 5.69 Å². The lowest BCUT2D eigenvalue weighted by atomic mass is 9.88. The monoisotopic (exact) mass is 663 g/mol. The molecular formula is C50H49N. The van der Waals surface area contributed by atoms with Gasteiger partial charge in [-0.05, 0) is 114 Å². The van der Waals surface area contributed by atoms with Crippen molar-refractivity contribution >= 4 is 27.6 Å². The highest BCUT2D eigenvalue weighted by Crippen LogP contribution is 2.42. The Morgan fingerprint density at radius 1 is 0.588 bits per heavy atom. The quantitative estimate of drug-likeness (QED) is 0.198. The van der Waals surface area contributed by atoms with E-state index in [1.54, 1.807) is 0 Å². The van der Waals surface area contributed by atoms with E-state index in [1.165, 1.54) is 83.3 Å². The molecule has 0 spiro atoms. The fourth-order valence-electron chi connectivity index (χ4n) is 6.89. The largest absolute Gasteiger partial charge is 0.354 e. The van der Waals surface area contributed by atoms with Crippen molar-refractivity contribution < 1.29 is 0 Å². The highest BCUT2D eigenvalue weighted by atomic mass is 14.9. The summed E-state index contributed by atoms with van der Waals surface area (Å²) in [6, 6.07) is 48.0. The second kappa shape index (κ2) is 16.4. The fraction of sp³-hybridized carbons (Fsp3) is 0.160. The van der Waals surface area contributed by atoms with E-state index >= 15 is 0 Å². The minimum atomic E-state index is 0.883. The average molecular weight is 664 g/mol. The van der Waals surface area contributed by atoms with Crippen LogP contribution in [0.2, 0.25) is 0 Å². The molecule has 6 aromatic carbocycles. The fourth-order valence-corrected chi connectivity index (χ4v) is 6.89. The lowest BCUT2D eigenvalue weighted by Crippen LogP contribution is -2.11. The summed E-state index contributed by atoms with van der Waals surface area (Å²) in [6.45, 7) is 12.8. The zero-order valence-corrected chi connectivity index (χ0v) is 30.9. The van der Waals surface area contributed by atoms with Crippen molar-refractivity contribution in [1.29, 1.82) is 0 Å². The Hall–Kier alpha value is -5.66. The molecule has 51 heavy (non-hydrogen) atoms. The van der Waals surface area contributed by atoms with Crippen LogP contribution in [0, 0.1) is 20.8 Å². The van der Waals surface area contributed by atoms with Gasteiger partial charge >= 0.3 is 0 Å². The third-order valence-electron chi connectivity index (χ3n) is 9.70. The number of aryl methyl sites for hydroxylation is 3. The third-order valence-corrected chi connectivity index (χ3v) is 9.70. The van der Waals surface area contributed by atoms with Crippen molar-refractivity contribution in [3.05, 3.63) is 208 Å². The molecule has 1 heteroatoms. The molecule has 0 saturated carbocycles. The van der Waals surface area contributed by atoms with Crippen LogP contribution in [0.3, 0.4) is 0 Å². The SMILES string of the molecule is CC.CC1=C2/C=C\CC=C(c3ccc(C)c(-c4cc(Cc5ccccc5)ccc4C)c3)/C=C1/Nc1c2ccc2ccccc12.Cc1ccccc1. The van der Waals surface area contributed by atoms with E-state index in [1.807, 2.05) is 32.0 Å². The Labute approximate surface area is 305 Å². The van der Waals surface area contributed by atoms with Crippen LogP contribution in [0.1, 0.15) is 66.1 Å². The van der Waals surface area contributed by atoms with Gasteiger partial charge in [0.15, 0.2) is 0 Å². The molecule has 1 N–H and O–H groups in total. The second-order valence-corrected chi connectivity index (χ2v) is 13.2. The maximum Gasteiger partial charge on any atom is 0.0543 e. The van der Waals surface area contributed by atoms with Crippen LogP contribution in [0.15, 0.2) is 169 Å². The van der Waals surface area contributed by atoms with Gasteiger partial charge in [0.25, 0.3) is 0 Å². The second-order valence-electron chi connectivity index (χ2n) is 13.2. The minimum Gasteiger partial charge on any atom is -0.354 e. The van der Waals surface area contributed by atoms with Gasteiger partial charge in [-0.15, -0.1) is 0 Å². The van der Waals surface area contributed by atoms with Crippen molar-refractivity contribution in [2.75, 3.05) is 5.32 Å². The number of benzene rings is 6. The van der Waals surface area contributed by atoms with Crippen molar-refractivity contribution in [1.82, 2.24) is 0 Å². The van der Waals surface area contributed by atoms with E-state index < -0.39 is 0 Å². The molecule has 254 valence electrons. The molecule has 0 fully saturated rings. The smallest absolute Gasteiger partial charge is 0.0543 e. The van der Waals surface area contributed by atoms with Crippen LogP contribution in [0.5, 0.6) is 0 Å². The van der Waals surface area contributed by atoms with E-state index in [-0.39, 0.29) is 0 Å². The molecule has 1 nitrogen and oxygen atoms in total. The summed E-state index contributed by atoms with van der Waals surface area (Å²) in [7, 11) is 0. The highest BCUT2D eigenvalue weighted by molar-refractivity contribution is 6.05. The van der Waals surface area contributed by atoms with E-state index in [9.17, 15) is 0 Å². The zero-order valence-electron chi connectivity index (χ0n) is 30.9. The molecule has 1 aliphatic carbocycles. The molecule has 0 radical (unpaired) electrons. The number of nitrogens with one attached hydrogen (secondary N) is 1. The molecule has 0 amide bonds. The summed E-state index contributed by atoms with van der Waals surface area (Å²) in [4.78, 5) is 0. The first-order valence-corrected chi connectivity index (χ1v) is 18.3. The number of anilines is 1. The zero-order chi connectivity index (χ0) is 35.7. The number of hydrogen-bond donors (Lipinski definition) is 1. The maximum absolute atomic E-state index is 3.84. The Morgan fingerprint density at radius 2 is 1.25 bits per heavy atom. The molecule has 0 unspecified atom stereocenters. The predicted octanol–water partition coefficient (Wildman–Crippen LogP) is 13.9. The Bertz CT molecular complexity index is 2260.